The molecule has 9 nitrogen and oxygen atoms in total. The summed E-state index contributed by atoms with van der Waals surface area (Å²) in [6, 6.07) is 8.24. The minimum atomic E-state index is -1.39. The number of benzene rings is 1. The molecule has 0 spiro atoms. The maximum Gasteiger partial charge on any atom is 0.246 e. The smallest absolute Gasteiger partial charge is 0.246 e. The summed E-state index contributed by atoms with van der Waals surface area (Å²) < 4.78 is 15.0. The van der Waals surface area contributed by atoms with Crippen molar-refractivity contribution in [2.45, 2.75) is 39.2 Å². The molecule has 0 radical (unpaired) electrons. The van der Waals surface area contributed by atoms with Gasteiger partial charge in [-0.3, -0.25) is 14.4 Å². The summed E-state index contributed by atoms with van der Waals surface area (Å²) in [5, 5.41) is 7.56. The molecule has 1 atom stereocenters. The summed E-state index contributed by atoms with van der Waals surface area (Å²) in [6.07, 6.45) is 2.76. The van der Waals surface area contributed by atoms with Crippen LogP contribution in [0.1, 0.15) is 32.3 Å². The second-order valence-corrected chi connectivity index (χ2v) is 10.1. The summed E-state index contributed by atoms with van der Waals surface area (Å²) in [5.41, 5.74) is 6.87. The van der Waals surface area contributed by atoms with E-state index in [0.717, 1.165) is 43.9 Å². The summed E-state index contributed by atoms with van der Waals surface area (Å²) in [5.74, 6) is 0.976. The number of anilines is 2. The molecule has 1 aromatic heterocycles. The molecule has 2 heterocycles. The van der Waals surface area contributed by atoms with Crippen LogP contribution in [-0.2, 0) is 22.2 Å². The van der Waals surface area contributed by atoms with Crippen LogP contribution in [0.2, 0.25) is 5.02 Å². The van der Waals surface area contributed by atoms with Crippen molar-refractivity contribution in [3.63, 3.8) is 0 Å². The van der Waals surface area contributed by atoms with Crippen LogP contribution in [0.4, 0.5) is 11.9 Å². The van der Waals surface area contributed by atoms with E-state index in [1.807, 2.05) is 24.3 Å². The van der Waals surface area contributed by atoms with Gasteiger partial charge in [-0.1, -0.05) is 37.6 Å². The van der Waals surface area contributed by atoms with Gasteiger partial charge in [0, 0.05) is 43.2 Å². The Kier molecular flexibility index (Phi) is 8.89. The fourth-order valence-electron chi connectivity index (χ4n) is 3.72. The van der Waals surface area contributed by atoms with Crippen molar-refractivity contribution in [2.75, 3.05) is 42.6 Å². The van der Waals surface area contributed by atoms with Crippen LogP contribution in [0, 0.1) is 5.92 Å². The Balaban J connectivity index is 1.58. The normalized spacial score (nSPS) is 16.0. The van der Waals surface area contributed by atoms with Gasteiger partial charge in [-0.25, -0.2) is 9.31 Å². The van der Waals surface area contributed by atoms with Crippen molar-refractivity contribution in [3.8, 4) is 0 Å². The number of H-pyrrole nitrogens is 1. The number of aromatic nitrogens is 3. The molecule has 1 amide bonds. The molecule has 32 heavy (non-hydrogen) atoms. The third-order valence-corrected chi connectivity index (χ3v) is 6.89. The van der Waals surface area contributed by atoms with Crippen molar-refractivity contribution in [1.29, 1.82) is 0 Å². The number of carbonyl (C=O) groups is 1. The lowest BCUT2D eigenvalue weighted by Crippen LogP contribution is -2.47. The molecule has 0 aliphatic carbocycles. The molecule has 0 saturated carbocycles. The van der Waals surface area contributed by atoms with Crippen LogP contribution < -0.4 is 15.4 Å². The maximum atomic E-state index is 12.4. The Morgan fingerprint density at radius 2 is 2.00 bits per heavy atom. The third-order valence-electron chi connectivity index (χ3n) is 5.66. The number of rotatable bonds is 10. The number of aromatic amines is 1. The Morgan fingerprint density at radius 3 is 2.59 bits per heavy atom. The lowest BCUT2D eigenvalue weighted by atomic mass is 10.0. The number of nitrogen functional groups attached to an aromatic ring is 1. The molecule has 4 N–H and O–H groups in total. The van der Waals surface area contributed by atoms with E-state index >= 15 is 0 Å². The number of carbonyl (C=O) groups excluding carboxylic acids is 1. The highest BCUT2D eigenvalue weighted by molar-refractivity contribution is 7.83. The van der Waals surface area contributed by atoms with E-state index in [4.69, 9.17) is 17.3 Å². The van der Waals surface area contributed by atoms with Gasteiger partial charge in [-0.05, 0) is 37.0 Å². The zero-order valence-electron chi connectivity index (χ0n) is 18.6. The Morgan fingerprint density at radius 1 is 1.31 bits per heavy atom. The van der Waals surface area contributed by atoms with Gasteiger partial charge in [0.25, 0.3) is 0 Å². The molecule has 0 bridgehead atoms. The summed E-state index contributed by atoms with van der Waals surface area (Å²) in [6.45, 7) is 6.73. The number of amides is 1. The zero-order valence-corrected chi connectivity index (χ0v) is 20.2. The average Bonchev–Trinajstić information content (AvgIpc) is 3.21. The molecule has 11 heteroatoms. The van der Waals surface area contributed by atoms with Gasteiger partial charge >= 0.3 is 0 Å². The number of nitrogens with one attached hydrogen (secondary N) is 2. The number of hydrogen-bond donors (Lipinski definition) is 3. The van der Waals surface area contributed by atoms with E-state index in [2.05, 4.69) is 29.7 Å². The largest absolute Gasteiger partial charge is 0.368 e. The predicted octanol–water partition coefficient (Wildman–Crippen LogP) is 1.99. The SMILES string of the molecule is CC(C)C(=O)NS(=O)CCN(CCc1ccc(Cl)cc1)C1CCN(c2n[nH]c(N)n2)CC1. The van der Waals surface area contributed by atoms with Crippen molar-refractivity contribution in [3.05, 3.63) is 34.9 Å². The van der Waals surface area contributed by atoms with Gasteiger partial charge in [-0.15, -0.1) is 5.10 Å². The number of nitrogens with two attached hydrogens (primary N) is 1. The Bertz CT molecular complexity index is 898. The van der Waals surface area contributed by atoms with Crippen molar-refractivity contribution < 1.29 is 9.00 Å². The lowest BCUT2D eigenvalue weighted by molar-refractivity contribution is -0.122. The standard InChI is InChI=1S/C21H32ClN7O2S/c1-15(2)19(30)27-32(31)14-13-28(10-7-16-3-5-17(22)6-4-16)18-8-11-29(12-9-18)21-24-20(23)25-26-21/h3-6,15,18H,7-14H2,1-2H3,(H,27,30)(H3,23,24,25,26). The molecular formula is C21H32ClN7O2S. The second-order valence-electron chi connectivity index (χ2n) is 8.32. The molecule has 1 aliphatic rings. The molecule has 1 fully saturated rings. The van der Waals surface area contributed by atoms with E-state index in [1.165, 1.54) is 5.56 Å². The number of nitrogens with zero attached hydrogens (tertiary/aromatic N) is 4. The first kappa shape index (κ1) is 24.5. The zero-order chi connectivity index (χ0) is 23.1. The fraction of sp³-hybridized carbons (Fsp3) is 0.571. The number of hydrogen-bond acceptors (Lipinski definition) is 7. The molecule has 1 aromatic carbocycles. The first-order chi connectivity index (χ1) is 15.3. The van der Waals surface area contributed by atoms with E-state index in [1.54, 1.807) is 13.8 Å². The van der Waals surface area contributed by atoms with E-state index < -0.39 is 11.0 Å². The van der Waals surface area contributed by atoms with Crippen LogP contribution in [0.5, 0.6) is 0 Å². The van der Waals surface area contributed by atoms with E-state index in [0.29, 0.717) is 30.2 Å². The summed E-state index contributed by atoms with van der Waals surface area (Å²) in [4.78, 5) is 20.6. The Labute approximate surface area is 196 Å². The van der Waals surface area contributed by atoms with Crippen LogP contribution in [0.25, 0.3) is 0 Å². The van der Waals surface area contributed by atoms with Crippen molar-refractivity contribution in [2.24, 2.45) is 5.92 Å². The summed E-state index contributed by atoms with van der Waals surface area (Å²) in [7, 11) is -1.39. The highest BCUT2D eigenvalue weighted by Crippen LogP contribution is 2.21. The quantitative estimate of drug-likeness (QED) is 0.474. The second kappa shape index (κ2) is 11.6. The topological polar surface area (TPSA) is 120 Å². The van der Waals surface area contributed by atoms with Crippen LogP contribution in [0.15, 0.2) is 24.3 Å². The Hall–Kier alpha value is -2.17. The minimum absolute atomic E-state index is 0.185. The molecule has 1 saturated heterocycles. The first-order valence-corrected chi connectivity index (χ1v) is 12.6. The highest BCUT2D eigenvalue weighted by atomic mass is 35.5. The molecule has 3 rings (SSSR count). The molecule has 2 aromatic rings. The monoisotopic (exact) mass is 481 g/mol. The van der Waals surface area contributed by atoms with Crippen molar-refractivity contribution in [1.82, 2.24) is 24.8 Å². The maximum absolute atomic E-state index is 12.4. The molecule has 176 valence electrons. The predicted molar refractivity (Wildman–Crippen MR) is 129 cm³/mol. The molecule has 1 aliphatic heterocycles. The van der Waals surface area contributed by atoms with Gasteiger partial charge in [0.15, 0.2) is 0 Å². The van der Waals surface area contributed by atoms with E-state index in [9.17, 15) is 9.00 Å². The van der Waals surface area contributed by atoms with Crippen LogP contribution in [0.3, 0.4) is 0 Å². The lowest BCUT2D eigenvalue weighted by Gasteiger charge is -2.38. The van der Waals surface area contributed by atoms with Gasteiger partial charge in [0.05, 0.1) is 5.75 Å². The van der Waals surface area contributed by atoms with Crippen LogP contribution >= 0.6 is 11.6 Å². The fourth-order valence-corrected chi connectivity index (χ4v) is 4.81. The van der Waals surface area contributed by atoms with Gasteiger partial charge in [-0.2, -0.15) is 4.98 Å². The van der Waals surface area contributed by atoms with Gasteiger partial charge in [0.1, 0.15) is 11.0 Å². The van der Waals surface area contributed by atoms with Crippen molar-refractivity contribution >= 4 is 40.4 Å². The number of halogens is 1. The number of piperidine rings is 1. The minimum Gasteiger partial charge on any atom is -0.368 e. The summed E-state index contributed by atoms with van der Waals surface area (Å²) >= 11 is 6.01. The first-order valence-electron chi connectivity index (χ1n) is 10.9. The molecule has 1 unspecified atom stereocenters. The third kappa shape index (κ3) is 7.18. The van der Waals surface area contributed by atoms with Crippen LogP contribution in [-0.4, -0.2) is 68.2 Å². The van der Waals surface area contributed by atoms with Gasteiger partial charge in [0.2, 0.25) is 17.8 Å². The highest BCUT2D eigenvalue weighted by Gasteiger charge is 2.26. The van der Waals surface area contributed by atoms with E-state index in [-0.39, 0.29) is 11.8 Å². The van der Waals surface area contributed by atoms with Gasteiger partial charge < -0.3 is 10.6 Å². The molecular weight excluding hydrogens is 450 g/mol. The average molecular weight is 482 g/mol.